The molecule has 2 aromatic rings. The summed E-state index contributed by atoms with van der Waals surface area (Å²) in [5.41, 5.74) is 4.51. The van der Waals surface area contributed by atoms with Crippen molar-refractivity contribution < 1.29 is 4.39 Å². The first-order valence-electron chi connectivity index (χ1n) is 6.13. The molecule has 100 valence electrons. The van der Waals surface area contributed by atoms with Crippen LogP contribution < -0.4 is 0 Å². The van der Waals surface area contributed by atoms with E-state index in [-0.39, 0.29) is 15.7 Å². The Morgan fingerprint density at radius 3 is 2.68 bits per heavy atom. The highest BCUT2D eigenvalue weighted by Gasteiger charge is 2.15. The summed E-state index contributed by atoms with van der Waals surface area (Å²) in [7, 11) is 0. The van der Waals surface area contributed by atoms with E-state index < -0.39 is 0 Å². The van der Waals surface area contributed by atoms with Crippen LogP contribution in [0.4, 0.5) is 4.39 Å². The van der Waals surface area contributed by atoms with E-state index in [2.05, 4.69) is 48.0 Å². The van der Waals surface area contributed by atoms with Crippen molar-refractivity contribution in [2.24, 2.45) is 0 Å². The Labute approximate surface area is 126 Å². The van der Waals surface area contributed by atoms with Crippen molar-refractivity contribution in [3.05, 3.63) is 69.5 Å². The second kappa shape index (κ2) is 6.06. The van der Waals surface area contributed by atoms with E-state index in [1.807, 2.05) is 6.07 Å². The lowest BCUT2D eigenvalue weighted by Crippen LogP contribution is -2.00. The van der Waals surface area contributed by atoms with Crippen LogP contribution in [-0.4, -0.2) is 0 Å². The first-order valence-corrected chi connectivity index (χ1v) is 7.42. The van der Waals surface area contributed by atoms with Crippen LogP contribution in [0.1, 0.15) is 27.1 Å². The van der Waals surface area contributed by atoms with E-state index in [9.17, 15) is 4.39 Å². The third-order valence-corrected chi connectivity index (χ3v) is 4.44. The van der Waals surface area contributed by atoms with Crippen LogP contribution in [-0.2, 0) is 6.42 Å². The smallest absolute Gasteiger partial charge is 0.142 e. The van der Waals surface area contributed by atoms with E-state index in [0.29, 0.717) is 0 Å². The molecule has 0 nitrogen and oxygen atoms in total. The minimum absolute atomic E-state index is 0.0104. The van der Waals surface area contributed by atoms with Gasteiger partial charge in [-0.15, -0.1) is 0 Å². The third-order valence-electron chi connectivity index (χ3n) is 3.22. The van der Waals surface area contributed by atoms with Crippen LogP contribution >= 0.6 is 27.5 Å². The highest BCUT2D eigenvalue weighted by atomic mass is 79.9. The summed E-state index contributed by atoms with van der Waals surface area (Å²) >= 11 is 9.64. The Morgan fingerprint density at radius 1 is 1.21 bits per heavy atom. The van der Waals surface area contributed by atoms with Crippen molar-refractivity contribution in [1.29, 1.82) is 0 Å². The zero-order valence-electron chi connectivity index (χ0n) is 10.9. The molecule has 0 aliphatic carbocycles. The van der Waals surface area contributed by atoms with Crippen LogP contribution in [0.2, 0.25) is 5.02 Å². The molecule has 1 atom stereocenters. The van der Waals surface area contributed by atoms with Crippen LogP contribution in [0.3, 0.4) is 0 Å². The Hall–Kier alpha value is -0.860. The molecule has 0 fully saturated rings. The number of halogens is 3. The number of rotatable bonds is 3. The fourth-order valence-electron chi connectivity index (χ4n) is 2.09. The predicted molar refractivity (Wildman–Crippen MR) is 82.7 cm³/mol. The zero-order valence-corrected chi connectivity index (χ0v) is 13.2. The monoisotopic (exact) mass is 340 g/mol. The molecule has 0 N–H and O–H groups in total. The second-order valence-electron chi connectivity index (χ2n) is 4.74. The fraction of sp³-hybridized carbons (Fsp3) is 0.250. The molecular formula is C16H15BrClF. The van der Waals surface area contributed by atoms with Crippen molar-refractivity contribution in [1.82, 2.24) is 0 Å². The van der Waals surface area contributed by atoms with Crippen molar-refractivity contribution in [3.8, 4) is 0 Å². The van der Waals surface area contributed by atoms with Crippen molar-refractivity contribution >= 4 is 27.5 Å². The molecule has 1 unspecified atom stereocenters. The minimum atomic E-state index is -0.371. The normalized spacial score (nSPS) is 12.5. The molecule has 0 aromatic heterocycles. The number of benzene rings is 2. The summed E-state index contributed by atoms with van der Waals surface area (Å²) in [6, 6.07) is 11.3. The van der Waals surface area contributed by atoms with E-state index in [1.54, 1.807) is 6.07 Å². The molecule has 0 heterocycles. The van der Waals surface area contributed by atoms with Crippen molar-refractivity contribution in [2.45, 2.75) is 25.1 Å². The standard InChI is InChI=1S/C16H15BrClF/c1-10-6-7-11(2)12(8-10)9-14(17)13-4-3-5-15(19)16(13)18/h3-8,14H,9H2,1-2H3. The van der Waals surface area contributed by atoms with E-state index in [0.717, 1.165) is 12.0 Å². The molecule has 2 rings (SSSR count). The topological polar surface area (TPSA) is 0 Å². The lowest BCUT2D eigenvalue weighted by molar-refractivity contribution is 0.625. The molecule has 0 radical (unpaired) electrons. The molecule has 0 amide bonds. The van der Waals surface area contributed by atoms with Crippen molar-refractivity contribution in [3.63, 3.8) is 0 Å². The van der Waals surface area contributed by atoms with Gasteiger partial charge in [-0.05, 0) is 43.0 Å². The predicted octanol–water partition coefficient (Wildman–Crippen LogP) is 5.77. The SMILES string of the molecule is Cc1ccc(C)c(CC(Br)c2cccc(F)c2Cl)c1. The van der Waals surface area contributed by atoms with Crippen molar-refractivity contribution in [2.75, 3.05) is 0 Å². The fourth-order valence-corrected chi connectivity index (χ4v) is 3.21. The summed E-state index contributed by atoms with van der Waals surface area (Å²) in [4.78, 5) is 0.0104. The maximum absolute atomic E-state index is 13.5. The number of hydrogen-bond acceptors (Lipinski definition) is 0. The summed E-state index contributed by atoms with van der Waals surface area (Å²) in [6.07, 6.45) is 0.788. The first-order chi connectivity index (χ1) is 8.99. The summed E-state index contributed by atoms with van der Waals surface area (Å²) in [5.74, 6) is -0.371. The van der Waals surface area contributed by atoms with Crippen LogP contribution in [0.25, 0.3) is 0 Å². The lowest BCUT2D eigenvalue weighted by atomic mass is 9.98. The van der Waals surface area contributed by atoms with Gasteiger partial charge in [-0.1, -0.05) is 63.4 Å². The molecule has 2 aromatic carbocycles. The summed E-state index contributed by atoms with van der Waals surface area (Å²) in [5, 5.41) is 0.203. The number of alkyl halides is 1. The van der Waals surface area contributed by atoms with Gasteiger partial charge >= 0.3 is 0 Å². The van der Waals surface area contributed by atoms with Gasteiger partial charge in [-0.25, -0.2) is 4.39 Å². The van der Waals surface area contributed by atoms with Gasteiger partial charge < -0.3 is 0 Å². The maximum atomic E-state index is 13.5. The average molecular weight is 342 g/mol. The quantitative estimate of drug-likeness (QED) is 0.621. The van der Waals surface area contributed by atoms with Gasteiger partial charge in [0.2, 0.25) is 0 Å². The molecule has 0 saturated carbocycles. The Kier molecular flexibility index (Phi) is 4.64. The lowest BCUT2D eigenvalue weighted by Gasteiger charge is -2.14. The van der Waals surface area contributed by atoms with Crippen LogP contribution in [0.5, 0.6) is 0 Å². The van der Waals surface area contributed by atoms with Gasteiger partial charge in [0.15, 0.2) is 0 Å². The van der Waals surface area contributed by atoms with Gasteiger partial charge in [0.1, 0.15) is 5.82 Å². The van der Waals surface area contributed by atoms with Gasteiger partial charge in [0.25, 0.3) is 0 Å². The van der Waals surface area contributed by atoms with Gasteiger partial charge in [0.05, 0.1) is 5.02 Å². The van der Waals surface area contributed by atoms with Gasteiger partial charge in [-0.2, -0.15) is 0 Å². The summed E-state index contributed by atoms with van der Waals surface area (Å²) < 4.78 is 13.5. The molecule has 0 saturated heterocycles. The first kappa shape index (κ1) is 14.5. The average Bonchev–Trinajstić information content (AvgIpc) is 2.37. The van der Waals surface area contributed by atoms with E-state index in [1.165, 1.54) is 22.8 Å². The third kappa shape index (κ3) is 3.37. The molecular weight excluding hydrogens is 327 g/mol. The molecule has 19 heavy (non-hydrogen) atoms. The molecule has 0 aliphatic heterocycles. The zero-order chi connectivity index (χ0) is 14.0. The highest BCUT2D eigenvalue weighted by molar-refractivity contribution is 9.09. The molecule has 0 spiro atoms. The van der Waals surface area contributed by atoms with Crippen LogP contribution in [0.15, 0.2) is 36.4 Å². The Balaban J connectivity index is 2.28. The number of hydrogen-bond donors (Lipinski definition) is 0. The Bertz CT molecular complexity index is 595. The number of aryl methyl sites for hydroxylation is 2. The minimum Gasteiger partial charge on any atom is -0.205 e. The molecule has 0 bridgehead atoms. The largest absolute Gasteiger partial charge is 0.205 e. The van der Waals surface area contributed by atoms with E-state index >= 15 is 0 Å². The molecule has 3 heteroatoms. The van der Waals surface area contributed by atoms with Gasteiger partial charge in [-0.3, -0.25) is 0 Å². The maximum Gasteiger partial charge on any atom is 0.142 e. The van der Waals surface area contributed by atoms with Gasteiger partial charge in [0, 0.05) is 4.83 Å². The summed E-state index contributed by atoms with van der Waals surface area (Å²) in [6.45, 7) is 4.16. The Morgan fingerprint density at radius 2 is 1.95 bits per heavy atom. The molecule has 0 aliphatic rings. The second-order valence-corrected chi connectivity index (χ2v) is 6.23. The highest BCUT2D eigenvalue weighted by Crippen LogP contribution is 2.34. The van der Waals surface area contributed by atoms with Crippen LogP contribution in [0, 0.1) is 19.7 Å². The van der Waals surface area contributed by atoms with E-state index in [4.69, 9.17) is 11.6 Å².